The summed E-state index contributed by atoms with van der Waals surface area (Å²) >= 11 is 0. The summed E-state index contributed by atoms with van der Waals surface area (Å²) in [5.41, 5.74) is 0. The van der Waals surface area contributed by atoms with Gasteiger partial charge in [-0.05, 0) is 6.04 Å². The van der Waals surface area contributed by atoms with Gasteiger partial charge in [-0.15, -0.1) is 0 Å². The van der Waals surface area contributed by atoms with Crippen LogP contribution >= 0.6 is 0 Å². The van der Waals surface area contributed by atoms with Crippen LogP contribution in [0.15, 0.2) is 0 Å². The third kappa shape index (κ3) is 3.89. The molecule has 1 N–H and O–H groups in total. The van der Waals surface area contributed by atoms with E-state index in [0.29, 0.717) is 0 Å². The lowest BCUT2D eigenvalue weighted by atomic mass is 10.6. The SMILES string of the molecule is CCC[SiH](O)[Si](C)(C)C. The molecular formula is C6H18OSi2. The quantitative estimate of drug-likeness (QED) is 0.624. The fourth-order valence-electron chi connectivity index (χ4n) is 0.706. The predicted molar refractivity (Wildman–Crippen MR) is 47.8 cm³/mol. The fourth-order valence-corrected chi connectivity index (χ4v) is 5.58. The number of hydrogen-bond donors (Lipinski definition) is 1. The second-order valence-electron chi connectivity index (χ2n) is 3.67. The maximum Gasteiger partial charge on any atom is 0.160 e. The van der Waals surface area contributed by atoms with Gasteiger partial charge in [0.05, 0.1) is 7.59 Å². The summed E-state index contributed by atoms with van der Waals surface area (Å²) in [5, 5.41) is 0. The van der Waals surface area contributed by atoms with Crippen molar-refractivity contribution in [3.63, 3.8) is 0 Å². The van der Waals surface area contributed by atoms with E-state index in [2.05, 4.69) is 26.6 Å². The van der Waals surface area contributed by atoms with Gasteiger partial charge in [0.25, 0.3) is 0 Å². The summed E-state index contributed by atoms with van der Waals surface area (Å²) in [7, 11) is -2.34. The van der Waals surface area contributed by atoms with Crippen molar-refractivity contribution in [2.45, 2.75) is 39.0 Å². The molecule has 1 nitrogen and oxygen atoms in total. The second-order valence-corrected chi connectivity index (χ2v) is 17.2. The molecule has 0 spiro atoms. The standard InChI is InChI=1S/C6H18OSi2/c1-5-6-8(7)9(2,3)4/h7-8H,5-6H2,1-4H3. The molecule has 0 saturated heterocycles. The third-order valence-electron chi connectivity index (χ3n) is 1.56. The van der Waals surface area contributed by atoms with Gasteiger partial charge in [0.2, 0.25) is 0 Å². The predicted octanol–water partition coefficient (Wildman–Crippen LogP) is 1.53. The van der Waals surface area contributed by atoms with Crippen LogP contribution in [0.2, 0.25) is 25.7 Å². The van der Waals surface area contributed by atoms with Crippen LogP contribution in [0.1, 0.15) is 13.3 Å². The summed E-state index contributed by atoms with van der Waals surface area (Å²) in [6.45, 7) is 8.94. The minimum Gasteiger partial charge on any atom is -0.438 e. The van der Waals surface area contributed by atoms with Crippen molar-refractivity contribution in [2.24, 2.45) is 0 Å². The molecular weight excluding hydrogens is 144 g/mol. The highest BCUT2D eigenvalue weighted by Gasteiger charge is 2.25. The van der Waals surface area contributed by atoms with Gasteiger partial charge in [0, 0.05) is 0 Å². The van der Waals surface area contributed by atoms with Crippen molar-refractivity contribution < 1.29 is 4.80 Å². The van der Waals surface area contributed by atoms with Crippen molar-refractivity contribution in [2.75, 3.05) is 0 Å². The maximum atomic E-state index is 9.59. The van der Waals surface area contributed by atoms with Crippen LogP contribution in [-0.4, -0.2) is 20.9 Å². The van der Waals surface area contributed by atoms with Gasteiger partial charge in [0.15, 0.2) is 8.56 Å². The summed E-state index contributed by atoms with van der Waals surface area (Å²) in [6.07, 6.45) is 1.16. The van der Waals surface area contributed by atoms with Crippen LogP contribution in [0, 0.1) is 0 Å². The lowest BCUT2D eigenvalue weighted by Gasteiger charge is -2.20. The van der Waals surface area contributed by atoms with Crippen LogP contribution in [0.5, 0.6) is 0 Å². The summed E-state index contributed by atoms with van der Waals surface area (Å²) < 4.78 is 0. The fraction of sp³-hybridized carbons (Fsp3) is 1.00. The molecule has 0 heterocycles. The Morgan fingerprint density at radius 1 is 1.33 bits per heavy atom. The summed E-state index contributed by atoms with van der Waals surface area (Å²) in [6, 6.07) is 1.12. The highest BCUT2D eigenvalue weighted by Crippen LogP contribution is 2.08. The minimum absolute atomic E-state index is 1.09. The van der Waals surface area contributed by atoms with Crippen molar-refractivity contribution in [1.29, 1.82) is 0 Å². The molecule has 56 valence electrons. The topological polar surface area (TPSA) is 20.2 Å². The molecule has 0 amide bonds. The Labute approximate surface area is 60.6 Å². The van der Waals surface area contributed by atoms with Gasteiger partial charge in [0.1, 0.15) is 0 Å². The average Bonchev–Trinajstić information content (AvgIpc) is 1.64. The van der Waals surface area contributed by atoms with Crippen LogP contribution in [0.3, 0.4) is 0 Å². The lowest BCUT2D eigenvalue weighted by Crippen LogP contribution is -2.42. The zero-order chi connectivity index (χ0) is 7.49. The van der Waals surface area contributed by atoms with Gasteiger partial charge < -0.3 is 4.80 Å². The van der Waals surface area contributed by atoms with E-state index in [1.807, 2.05) is 0 Å². The van der Waals surface area contributed by atoms with E-state index < -0.39 is 16.1 Å². The van der Waals surface area contributed by atoms with E-state index >= 15 is 0 Å². The van der Waals surface area contributed by atoms with Gasteiger partial charge >= 0.3 is 0 Å². The Hall–Kier alpha value is 0.394. The van der Waals surface area contributed by atoms with Crippen molar-refractivity contribution in [3.8, 4) is 0 Å². The van der Waals surface area contributed by atoms with E-state index in [0.717, 1.165) is 12.5 Å². The maximum absolute atomic E-state index is 9.59. The molecule has 0 aromatic heterocycles. The Kier molecular flexibility index (Phi) is 3.69. The molecule has 0 aliphatic rings. The molecule has 0 bridgehead atoms. The van der Waals surface area contributed by atoms with E-state index in [9.17, 15) is 4.80 Å². The van der Waals surface area contributed by atoms with Gasteiger partial charge in [-0.3, -0.25) is 0 Å². The normalized spacial score (nSPS) is 15.7. The highest BCUT2D eigenvalue weighted by atomic mass is 29.2. The molecule has 0 saturated carbocycles. The van der Waals surface area contributed by atoms with Crippen molar-refractivity contribution in [1.82, 2.24) is 0 Å². The molecule has 0 rings (SSSR count). The average molecular weight is 162 g/mol. The largest absolute Gasteiger partial charge is 0.438 e. The molecule has 0 aromatic carbocycles. The molecule has 9 heavy (non-hydrogen) atoms. The summed E-state index contributed by atoms with van der Waals surface area (Å²) in [4.78, 5) is 9.59. The van der Waals surface area contributed by atoms with Crippen LogP contribution in [0.25, 0.3) is 0 Å². The van der Waals surface area contributed by atoms with Gasteiger partial charge in [-0.2, -0.15) is 0 Å². The molecule has 3 heteroatoms. The van der Waals surface area contributed by atoms with E-state index in [4.69, 9.17) is 0 Å². The first-order valence-corrected chi connectivity index (χ1v) is 10.3. The van der Waals surface area contributed by atoms with Crippen LogP contribution in [-0.2, 0) is 0 Å². The lowest BCUT2D eigenvalue weighted by molar-refractivity contribution is 0.585. The second kappa shape index (κ2) is 3.53. The first kappa shape index (κ1) is 9.39. The Morgan fingerprint density at radius 3 is 1.89 bits per heavy atom. The highest BCUT2D eigenvalue weighted by molar-refractivity contribution is 7.28. The smallest absolute Gasteiger partial charge is 0.160 e. The van der Waals surface area contributed by atoms with Crippen molar-refractivity contribution >= 4 is 16.1 Å². The molecule has 0 aromatic rings. The molecule has 0 aliphatic carbocycles. The first-order chi connectivity index (χ1) is 3.98. The number of hydrogen-bond acceptors (Lipinski definition) is 1. The van der Waals surface area contributed by atoms with Crippen LogP contribution in [0.4, 0.5) is 0 Å². The van der Waals surface area contributed by atoms with E-state index in [1.54, 1.807) is 0 Å². The molecule has 1 unspecified atom stereocenters. The number of rotatable bonds is 3. The van der Waals surface area contributed by atoms with Gasteiger partial charge in [-0.1, -0.05) is 33.0 Å². The molecule has 1 atom stereocenters. The molecule has 0 radical (unpaired) electrons. The third-order valence-corrected chi connectivity index (χ3v) is 11.5. The molecule has 0 aliphatic heterocycles. The minimum atomic E-state index is -1.25. The van der Waals surface area contributed by atoms with E-state index in [-0.39, 0.29) is 0 Å². The Morgan fingerprint density at radius 2 is 1.78 bits per heavy atom. The zero-order valence-electron chi connectivity index (χ0n) is 6.94. The molecule has 0 fully saturated rings. The van der Waals surface area contributed by atoms with E-state index in [1.165, 1.54) is 0 Å². The first-order valence-electron chi connectivity index (χ1n) is 3.66. The van der Waals surface area contributed by atoms with Crippen molar-refractivity contribution in [3.05, 3.63) is 0 Å². The summed E-state index contributed by atoms with van der Waals surface area (Å²) in [5.74, 6) is 0. The van der Waals surface area contributed by atoms with Gasteiger partial charge in [-0.25, -0.2) is 0 Å². The Bertz CT molecular complexity index is 77.6. The monoisotopic (exact) mass is 162 g/mol. The van der Waals surface area contributed by atoms with Crippen LogP contribution < -0.4 is 0 Å². The zero-order valence-corrected chi connectivity index (χ0v) is 9.09. The Balaban J connectivity index is 3.59.